The molecule has 1 aliphatic heterocycles. The smallest absolute Gasteiger partial charge is 0.253 e. The van der Waals surface area contributed by atoms with E-state index in [0.29, 0.717) is 12.1 Å². The van der Waals surface area contributed by atoms with Gasteiger partial charge in [0, 0.05) is 29.9 Å². The molecule has 3 heterocycles. The van der Waals surface area contributed by atoms with Gasteiger partial charge < -0.3 is 4.57 Å². The first kappa shape index (κ1) is 18.3. The molecule has 0 spiro atoms. The van der Waals surface area contributed by atoms with Crippen molar-refractivity contribution < 1.29 is 17.2 Å². The van der Waals surface area contributed by atoms with Crippen LogP contribution in [0.15, 0.2) is 52.9 Å². The number of benzene rings is 1. The van der Waals surface area contributed by atoms with Crippen LogP contribution in [0, 0.1) is 11.6 Å². The van der Waals surface area contributed by atoms with E-state index in [1.54, 1.807) is 6.07 Å². The van der Waals surface area contributed by atoms with E-state index in [9.17, 15) is 17.2 Å². The number of nitrogens with zero attached hydrogens (tertiary/aromatic N) is 2. The Balaban J connectivity index is 1.84. The number of thiophene rings is 1. The summed E-state index contributed by atoms with van der Waals surface area (Å²) < 4.78 is 57.6. The van der Waals surface area contributed by atoms with E-state index in [-0.39, 0.29) is 10.8 Å². The summed E-state index contributed by atoms with van der Waals surface area (Å²) in [6.07, 6.45) is 2.63. The number of aromatic nitrogens is 1. The zero-order valence-corrected chi connectivity index (χ0v) is 16.2. The highest BCUT2D eigenvalue weighted by molar-refractivity contribution is 7.91. The average Bonchev–Trinajstić information content (AvgIpc) is 3.32. The minimum absolute atomic E-state index is 0.257. The van der Waals surface area contributed by atoms with E-state index < -0.39 is 27.7 Å². The normalized spacial score (nSPS) is 17.8. The van der Waals surface area contributed by atoms with E-state index >= 15 is 0 Å². The minimum atomic E-state index is -3.77. The number of hydrogen-bond donors (Lipinski definition) is 0. The second-order valence-electron chi connectivity index (χ2n) is 6.39. The third-order valence-corrected chi connectivity index (χ3v) is 8.36. The van der Waals surface area contributed by atoms with Crippen LogP contribution in [0.1, 0.15) is 29.1 Å². The van der Waals surface area contributed by atoms with Crippen LogP contribution in [0.3, 0.4) is 0 Å². The van der Waals surface area contributed by atoms with E-state index in [0.717, 1.165) is 29.1 Å². The molecule has 0 saturated carbocycles. The van der Waals surface area contributed by atoms with Crippen molar-refractivity contribution in [1.29, 1.82) is 0 Å². The molecule has 4 rings (SSSR count). The summed E-state index contributed by atoms with van der Waals surface area (Å²) in [7, 11) is -3.77. The first-order chi connectivity index (χ1) is 12.9. The number of sulfonamides is 1. The maximum absolute atomic E-state index is 13.9. The molecule has 3 aromatic rings. The van der Waals surface area contributed by atoms with Gasteiger partial charge in [0.1, 0.15) is 4.21 Å². The molecule has 1 aromatic carbocycles. The lowest BCUT2D eigenvalue weighted by Gasteiger charge is -2.36. The molecule has 1 atom stereocenters. The van der Waals surface area contributed by atoms with Crippen molar-refractivity contribution in [2.75, 3.05) is 6.54 Å². The molecule has 0 aliphatic carbocycles. The summed E-state index contributed by atoms with van der Waals surface area (Å²) in [6.45, 7) is 2.74. The summed E-state index contributed by atoms with van der Waals surface area (Å²) in [6, 6.07) is 9.94. The zero-order chi connectivity index (χ0) is 19.2. The fourth-order valence-corrected chi connectivity index (χ4v) is 6.45. The van der Waals surface area contributed by atoms with Crippen molar-refractivity contribution in [2.45, 2.75) is 30.1 Å². The molecule has 0 saturated heterocycles. The monoisotopic (exact) mass is 408 g/mol. The second kappa shape index (κ2) is 6.85. The molecule has 2 aromatic heterocycles. The van der Waals surface area contributed by atoms with Gasteiger partial charge in [-0.05, 0) is 48.4 Å². The van der Waals surface area contributed by atoms with Gasteiger partial charge in [-0.2, -0.15) is 4.31 Å². The van der Waals surface area contributed by atoms with Crippen molar-refractivity contribution in [3.05, 3.63) is 76.4 Å². The van der Waals surface area contributed by atoms with Crippen LogP contribution in [0.25, 0.3) is 0 Å². The molecule has 142 valence electrons. The maximum Gasteiger partial charge on any atom is 0.253 e. The van der Waals surface area contributed by atoms with Crippen LogP contribution in [-0.4, -0.2) is 23.8 Å². The van der Waals surface area contributed by atoms with Gasteiger partial charge in [0.05, 0.1) is 6.04 Å². The Morgan fingerprint density at radius 2 is 1.93 bits per heavy atom. The summed E-state index contributed by atoms with van der Waals surface area (Å²) in [5.74, 6) is -1.94. The maximum atomic E-state index is 13.9. The van der Waals surface area contributed by atoms with Crippen LogP contribution in [0.4, 0.5) is 8.78 Å². The summed E-state index contributed by atoms with van der Waals surface area (Å²) in [5.41, 5.74) is 1.15. The topological polar surface area (TPSA) is 42.3 Å². The summed E-state index contributed by atoms with van der Waals surface area (Å²) in [4.78, 5) is 0.985. The van der Waals surface area contributed by atoms with Gasteiger partial charge >= 0.3 is 0 Å². The Hall–Kier alpha value is -2.03. The Bertz CT molecular complexity index is 1090. The van der Waals surface area contributed by atoms with Gasteiger partial charge in [0.15, 0.2) is 11.6 Å². The fraction of sp³-hybridized carbons (Fsp3) is 0.263. The lowest BCUT2D eigenvalue weighted by Crippen LogP contribution is -2.42. The van der Waals surface area contributed by atoms with Gasteiger partial charge in [-0.25, -0.2) is 17.2 Å². The van der Waals surface area contributed by atoms with E-state index in [1.807, 2.05) is 35.9 Å². The third-order valence-electron chi connectivity index (χ3n) is 4.80. The van der Waals surface area contributed by atoms with Crippen LogP contribution in [0.5, 0.6) is 0 Å². The van der Waals surface area contributed by atoms with Gasteiger partial charge in [0.25, 0.3) is 10.0 Å². The van der Waals surface area contributed by atoms with Crippen molar-refractivity contribution in [1.82, 2.24) is 8.87 Å². The zero-order valence-electron chi connectivity index (χ0n) is 14.6. The van der Waals surface area contributed by atoms with Crippen LogP contribution >= 0.6 is 11.3 Å². The van der Waals surface area contributed by atoms with Crippen molar-refractivity contribution in [3.8, 4) is 0 Å². The van der Waals surface area contributed by atoms with Crippen LogP contribution in [-0.2, 0) is 23.0 Å². The molecule has 0 fully saturated rings. The molecule has 0 N–H and O–H groups in total. The molecule has 1 unspecified atom stereocenters. The van der Waals surface area contributed by atoms with E-state index in [2.05, 4.69) is 0 Å². The number of halogens is 2. The molecule has 0 radical (unpaired) electrons. The van der Waals surface area contributed by atoms with Crippen molar-refractivity contribution >= 4 is 21.4 Å². The highest BCUT2D eigenvalue weighted by Crippen LogP contribution is 2.38. The molecule has 8 heteroatoms. The number of rotatable bonds is 4. The molecule has 4 nitrogen and oxygen atoms in total. The molecular weight excluding hydrogens is 390 g/mol. The Morgan fingerprint density at radius 1 is 1.11 bits per heavy atom. The number of aryl methyl sites for hydroxylation is 1. The first-order valence-corrected chi connectivity index (χ1v) is 10.9. The highest BCUT2D eigenvalue weighted by Gasteiger charge is 2.38. The number of hydrogen-bond acceptors (Lipinski definition) is 3. The van der Waals surface area contributed by atoms with Gasteiger partial charge in [0.2, 0.25) is 0 Å². The number of fused-ring (bicyclic) bond motifs is 1. The predicted octanol–water partition coefficient (Wildman–Crippen LogP) is 4.18. The van der Waals surface area contributed by atoms with Crippen LogP contribution in [0.2, 0.25) is 0 Å². The Labute approximate surface area is 160 Å². The molecular formula is C19H18F2N2O2S2. The fourth-order valence-electron chi connectivity index (χ4n) is 3.44. The lowest BCUT2D eigenvalue weighted by atomic mass is 10.0. The minimum Gasteiger partial charge on any atom is -0.348 e. The Kier molecular flexibility index (Phi) is 4.65. The standard InChI is InChI=1S/C19H18F2N2O2S2/c1-2-14-6-8-18(26-14)27(24,25)23-11-10-22-9-3-4-17(22)19(23)13-5-7-15(20)16(21)12-13/h3-9,12,19H,2,10-11H2,1H3. The largest absolute Gasteiger partial charge is 0.348 e. The van der Waals surface area contributed by atoms with Crippen molar-refractivity contribution in [2.24, 2.45) is 0 Å². The second-order valence-corrected chi connectivity index (χ2v) is 9.68. The van der Waals surface area contributed by atoms with Gasteiger partial charge in [-0.1, -0.05) is 13.0 Å². The first-order valence-electron chi connectivity index (χ1n) is 8.62. The summed E-state index contributed by atoms with van der Waals surface area (Å²) >= 11 is 1.25. The van der Waals surface area contributed by atoms with E-state index in [4.69, 9.17) is 0 Å². The Morgan fingerprint density at radius 3 is 2.63 bits per heavy atom. The summed E-state index contributed by atoms with van der Waals surface area (Å²) in [5, 5.41) is 0. The van der Waals surface area contributed by atoms with E-state index in [1.165, 1.54) is 21.7 Å². The molecule has 1 aliphatic rings. The lowest BCUT2D eigenvalue weighted by molar-refractivity contribution is 0.298. The molecule has 0 bridgehead atoms. The quantitative estimate of drug-likeness (QED) is 0.650. The van der Waals surface area contributed by atoms with Gasteiger partial charge in [-0.3, -0.25) is 0 Å². The van der Waals surface area contributed by atoms with Crippen molar-refractivity contribution in [3.63, 3.8) is 0 Å². The average molecular weight is 408 g/mol. The SMILES string of the molecule is CCc1ccc(S(=O)(=O)N2CCn3cccc3C2c2ccc(F)c(F)c2)s1. The highest BCUT2D eigenvalue weighted by atomic mass is 32.2. The molecule has 0 amide bonds. The van der Waals surface area contributed by atoms with Crippen LogP contribution < -0.4 is 0 Å². The van der Waals surface area contributed by atoms with Gasteiger partial charge in [-0.15, -0.1) is 11.3 Å². The predicted molar refractivity (Wildman–Crippen MR) is 100 cm³/mol. The molecule has 27 heavy (non-hydrogen) atoms. The third kappa shape index (κ3) is 3.11.